The molecule has 1 saturated heterocycles. The fraction of sp³-hybridized carbons (Fsp3) is 0.409. The van der Waals surface area contributed by atoms with Crippen molar-refractivity contribution in [2.24, 2.45) is 0 Å². The van der Waals surface area contributed by atoms with Gasteiger partial charge in [0.2, 0.25) is 10.0 Å². The van der Waals surface area contributed by atoms with Crippen molar-refractivity contribution in [2.45, 2.75) is 50.6 Å². The molecule has 1 unspecified atom stereocenters. The third-order valence-corrected chi connectivity index (χ3v) is 7.36. The Morgan fingerprint density at radius 1 is 1.17 bits per heavy atom. The molecule has 1 aliphatic heterocycles. The number of carbonyl (C=O) groups is 1. The van der Waals surface area contributed by atoms with Gasteiger partial charge in [-0.2, -0.15) is 4.31 Å². The monoisotopic (exact) mass is 416 g/mol. The summed E-state index contributed by atoms with van der Waals surface area (Å²) < 4.78 is 33.4. The summed E-state index contributed by atoms with van der Waals surface area (Å²) >= 11 is 0. The van der Waals surface area contributed by atoms with Crippen LogP contribution < -0.4 is 10.1 Å². The van der Waals surface area contributed by atoms with E-state index in [2.05, 4.69) is 5.32 Å². The molecule has 0 bridgehead atoms. The van der Waals surface area contributed by atoms with Crippen LogP contribution in [0.2, 0.25) is 0 Å². The summed E-state index contributed by atoms with van der Waals surface area (Å²) in [5.74, 6) is -0.0748. The van der Waals surface area contributed by atoms with E-state index in [0.29, 0.717) is 18.7 Å². The van der Waals surface area contributed by atoms with Crippen LogP contribution in [0, 0.1) is 6.92 Å². The second kappa shape index (κ2) is 8.97. The summed E-state index contributed by atoms with van der Waals surface area (Å²) in [6.45, 7) is 4.78. The molecule has 156 valence electrons. The van der Waals surface area contributed by atoms with Gasteiger partial charge in [0.15, 0.2) is 0 Å². The fourth-order valence-corrected chi connectivity index (χ4v) is 5.45. The number of ether oxygens (including phenoxy) is 1. The maximum absolute atomic E-state index is 13.3. The van der Waals surface area contributed by atoms with Gasteiger partial charge in [0.05, 0.1) is 7.11 Å². The number of hydrogen-bond donors (Lipinski definition) is 1. The van der Waals surface area contributed by atoms with Crippen molar-refractivity contribution in [2.75, 3.05) is 13.7 Å². The van der Waals surface area contributed by atoms with E-state index >= 15 is 0 Å². The minimum atomic E-state index is -3.75. The second-order valence-electron chi connectivity index (χ2n) is 7.49. The van der Waals surface area contributed by atoms with E-state index in [1.807, 2.05) is 38.1 Å². The Balaban J connectivity index is 1.84. The smallest absolute Gasteiger partial charge is 0.251 e. The lowest BCUT2D eigenvalue weighted by molar-refractivity contribution is 0.0950. The van der Waals surface area contributed by atoms with Gasteiger partial charge in [-0.3, -0.25) is 4.79 Å². The Labute approximate surface area is 172 Å². The van der Waals surface area contributed by atoms with E-state index in [-0.39, 0.29) is 22.6 Å². The molecular formula is C22H28N2O4S. The lowest BCUT2D eigenvalue weighted by atomic mass is 10.1. The number of carbonyl (C=O) groups excluding carboxylic acids is 1. The van der Waals surface area contributed by atoms with Gasteiger partial charge in [0, 0.05) is 24.7 Å². The normalized spacial score (nSPS) is 17.7. The minimum absolute atomic E-state index is 0.0386. The van der Waals surface area contributed by atoms with Crippen LogP contribution in [-0.2, 0) is 16.6 Å². The Bertz CT molecular complexity index is 971. The molecule has 0 aromatic heterocycles. The zero-order chi connectivity index (χ0) is 21.0. The maximum Gasteiger partial charge on any atom is 0.251 e. The van der Waals surface area contributed by atoms with E-state index in [4.69, 9.17) is 4.74 Å². The molecule has 1 N–H and O–H groups in total. The molecule has 1 amide bonds. The molecule has 0 saturated carbocycles. The molecular weight excluding hydrogens is 388 g/mol. The van der Waals surface area contributed by atoms with Crippen LogP contribution in [0.3, 0.4) is 0 Å². The molecule has 7 heteroatoms. The lowest BCUT2D eigenvalue weighted by Gasteiger charge is -2.32. The average molecular weight is 417 g/mol. The highest BCUT2D eigenvalue weighted by atomic mass is 32.2. The summed E-state index contributed by atoms with van der Waals surface area (Å²) in [5, 5.41) is 2.85. The van der Waals surface area contributed by atoms with Crippen LogP contribution >= 0.6 is 0 Å². The fourth-order valence-electron chi connectivity index (χ4n) is 3.57. The number of nitrogens with zero attached hydrogens (tertiary/aromatic N) is 1. The summed E-state index contributed by atoms with van der Waals surface area (Å²) in [4.78, 5) is 12.7. The first-order valence-electron chi connectivity index (χ1n) is 9.86. The van der Waals surface area contributed by atoms with E-state index in [1.165, 1.54) is 17.5 Å². The zero-order valence-electron chi connectivity index (χ0n) is 17.1. The van der Waals surface area contributed by atoms with Gasteiger partial charge >= 0.3 is 0 Å². The van der Waals surface area contributed by atoms with Gasteiger partial charge in [-0.05, 0) is 50.5 Å². The van der Waals surface area contributed by atoms with Crippen molar-refractivity contribution in [1.82, 2.24) is 9.62 Å². The SMILES string of the molecule is COc1ccc(C(=O)NCc2ccc(C)cc2)cc1S(=O)(=O)N1CCCCC1C. The second-order valence-corrected chi connectivity index (χ2v) is 9.35. The van der Waals surface area contributed by atoms with Gasteiger partial charge < -0.3 is 10.1 Å². The third-order valence-electron chi connectivity index (χ3n) is 5.33. The minimum Gasteiger partial charge on any atom is -0.495 e. The van der Waals surface area contributed by atoms with Crippen molar-refractivity contribution in [1.29, 1.82) is 0 Å². The number of amides is 1. The van der Waals surface area contributed by atoms with Crippen LogP contribution in [0.1, 0.15) is 47.7 Å². The van der Waals surface area contributed by atoms with Crippen molar-refractivity contribution in [3.05, 3.63) is 59.2 Å². The van der Waals surface area contributed by atoms with E-state index in [0.717, 1.165) is 30.4 Å². The number of aryl methyl sites for hydroxylation is 1. The highest BCUT2D eigenvalue weighted by Gasteiger charge is 2.33. The van der Waals surface area contributed by atoms with Crippen molar-refractivity contribution >= 4 is 15.9 Å². The Kier molecular flexibility index (Phi) is 6.59. The summed E-state index contributed by atoms with van der Waals surface area (Å²) in [7, 11) is -2.32. The maximum atomic E-state index is 13.3. The first kappa shape index (κ1) is 21.3. The summed E-state index contributed by atoms with van der Waals surface area (Å²) in [6, 6.07) is 12.4. The highest BCUT2D eigenvalue weighted by Crippen LogP contribution is 2.31. The number of sulfonamides is 1. The molecule has 0 spiro atoms. The van der Waals surface area contributed by atoms with Gasteiger partial charge in [0.25, 0.3) is 5.91 Å². The molecule has 0 radical (unpaired) electrons. The topological polar surface area (TPSA) is 75.7 Å². The molecule has 1 aliphatic rings. The van der Waals surface area contributed by atoms with Crippen molar-refractivity contribution < 1.29 is 17.9 Å². The molecule has 1 fully saturated rings. The van der Waals surface area contributed by atoms with E-state index in [1.54, 1.807) is 12.1 Å². The van der Waals surface area contributed by atoms with Crippen molar-refractivity contribution in [3.63, 3.8) is 0 Å². The van der Waals surface area contributed by atoms with Crippen molar-refractivity contribution in [3.8, 4) is 5.75 Å². The van der Waals surface area contributed by atoms with E-state index < -0.39 is 10.0 Å². The van der Waals surface area contributed by atoms with Gasteiger partial charge in [-0.15, -0.1) is 0 Å². The predicted molar refractivity (Wildman–Crippen MR) is 113 cm³/mol. The number of benzene rings is 2. The standard InChI is InChI=1S/C22H28N2O4S/c1-16-7-9-18(10-8-16)15-23-22(25)19-11-12-20(28-3)21(14-19)29(26,27)24-13-5-4-6-17(24)2/h7-12,14,17H,4-6,13,15H2,1-3H3,(H,23,25). The Morgan fingerprint density at radius 2 is 1.90 bits per heavy atom. The molecule has 2 aromatic rings. The number of hydrogen-bond acceptors (Lipinski definition) is 4. The molecule has 6 nitrogen and oxygen atoms in total. The Morgan fingerprint density at radius 3 is 2.55 bits per heavy atom. The molecule has 0 aliphatic carbocycles. The molecule has 29 heavy (non-hydrogen) atoms. The number of methoxy groups -OCH3 is 1. The van der Waals surface area contributed by atoms with Crippen LogP contribution in [0.15, 0.2) is 47.4 Å². The number of piperidine rings is 1. The molecule has 1 atom stereocenters. The third kappa shape index (κ3) is 4.79. The Hall–Kier alpha value is -2.38. The van der Waals surface area contributed by atoms with Gasteiger partial charge in [-0.25, -0.2) is 8.42 Å². The van der Waals surface area contributed by atoms with Gasteiger partial charge in [-0.1, -0.05) is 36.2 Å². The van der Waals surface area contributed by atoms with Crippen LogP contribution in [0.4, 0.5) is 0 Å². The van der Waals surface area contributed by atoms with Crippen LogP contribution in [0.5, 0.6) is 5.75 Å². The van der Waals surface area contributed by atoms with Crippen LogP contribution in [-0.4, -0.2) is 38.3 Å². The first-order chi connectivity index (χ1) is 13.8. The largest absolute Gasteiger partial charge is 0.495 e. The lowest BCUT2D eigenvalue weighted by Crippen LogP contribution is -2.42. The first-order valence-corrected chi connectivity index (χ1v) is 11.3. The summed E-state index contributed by atoms with van der Waals surface area (Å²) in [5.41, 5.74) is 2.42. The van der Waals surface area contributed by atoms with E-state index in [9.17, 15) is 13.2 Å². The number of nitrogens with one attached hydrogen (secondary N) is 1. The quantitative estimate of drug-likeness (QED) is 0.782. The summed E-state index contributed by atoms with van der Waals surface area (Å²) in [6.07, 6.45) is 2.69. The molecule has 3 rings (SSSR count). The predicted octanol–water partition coefficient (Wildman–Crippen LogP) is 3.50. The average Bonchev–Trinajstić information content (AvgIpc) is 2.72. The highest BCUT2D eigenvalue weighted by molar-refractivity contribution is 7.89. The number of rotatable bonds is 6. The van der Waals surface area contributed by atoms with Gasteiger partial charge in [0.1, 0.15) is 10.6 Å². The molecule has 1 heterocycles. The van der Waals surface area contributed by atoms with Crippen LogP contribution in [0.25, 0.3) is 0 Å². The zero-order valence-corrected chi connectivity index (χ0v) is 18.0. The molecule has 2 aromatic carbocycles.